The highest BCUT2D eigenvalue weighted by molar-refractivity contribution is 7.13. The molecule has 2 aliphatic heterocycles. The number of benzene rings is 1. The van der Waals surface area contributed by atoms with Gasteiger partial charge in [-0.15, -0.1) is 11.3 Å². The summed E-state index contributed by atoms with van der Waals surface area (Å²) in [5, 5.41) is 17.8. The molecule has 0 saturated carbocycles. The molecule has 9 nitrogen and oxygen atoms in total. The minimum Gasteiger partial charge on any atom is -0.391 e. The number of aliphatic hydroxyl groups excluding tert-OH is 1. The Kier molecular flexibility index (Phi) is 6.49. The Hall–Kier alpha value is -3.37. The maximum Gasteiger partial charge on any atom is 0.277 e. The largest absolute Gasteiger partial charge is 0.391 e. The Morgan fingerprint density at radius 1 is 1.27 bits per heavy atom. The highest BCUT2D eigenvalue weighted by Crippen LogP contribution is 2.35. The lowest BCUT2D eigenvalue weighted by Gasteiger charge is -2.31. The van der Waals surface area contributed by atoms with E-state index in [4.69, 9.17) is 4.52 Å². The van der Waals surface area contributed by atoms with E-state index in [2.05, 4.69) is 20.4 Å². The summed E-state index contributed by atoms with van der Waals surface area (Å²) < 4.78 is 5.44. The molecule has 3 aromatic rings. The summed E-state index contributed by atoms with van der Waals surface area (Å²) in [7, 11) is 0. The van der Waals surface area contributed by atoms with Crippen LogP contribution in [0.1, 0.15) is 55.8 Å². The molecule has 194 valence electrons. The van der Waals surface area contributed by atoms with Crippen molar-refractivity contribution in [3.8, 4) is 10.4 Å². The molecule has 37 heavy (non-hydrogen) atoms. The van der Waals surface area contributed by atoms with Crippen LogP contribution in [0.15, 0.2) is 45.4 Å². The van der Waals surface area contributed by atoms with E-state index in [1.807, 2.05) is 57.5 Å². The van der Waals surface area contributed by atoms with Crippen LogP contribution in [0.4, 0.5) is 0 Å². The van der Waals surface area contributed by atoms with Gasteiger partial charge in [0, 0.05) is 19.0 Å². The Morgan fingerprint density at radius 2 is 2.00 bits per heavy atom. The minimum absolute atomic E-state index is 0.0516. The molecule has 4 heterocycles. The van der Waals surface area contributed by atoms with Crippen LogP contribution in [-0.4, -0.2) is 56.5 Å². The molecular formula is C27H31N5O4S. The molecule has 5 rings (SSSR count). The zero-order chi connectivity index (χ0) is 26.5. The van der Waals surface area contributed by atoms with Gasteiger partial charge in [-0.25, -0.2) is 4.98 Å². The van der Waals surface area contributed by atoms with Crippen LogP contribution in [0.3, 0.4) is 0 Å². The molecule has 2 aliphatic rings. The third kappa shape index (κ3) is 4.48. The molecule has 2 aromatic heterocycles. The van der Waals surface area contributed by atoms with Crippen molar-refractivity contribution in [1.82, 2.24) is 20.4 Å². The van der Waals surface area contributed by atoms with Crippen molar-refractivity contribution >= 4 is 29.0 Å². The lowest BCUT2D eigenvalue weighted by molar-refractivity contribution is -0.134. The fourth-order valence-electron chi connectivity index (χ4n) is 5.21. The van der Waals surface area contributed by atoms with E-state index in [0.29, 0.717) is 23.7 Å². The van der Waals surface area contributed by atoms with Crippen LogP contribution in [0.25, 0.3) is 10.4 Å². The first-order valence-corrected chi connectivity index (χ1v) is 13.3. The van der Waals surface area contributed by atoms with Crippen LogP contribution in [0.5, 0.6) is 0 Å². The number of aromatic nitrogens is 2. The quantitative estimate of drug-likeness (QED) is 0.509. The molecule has 4 atom stereocenters. The molecule has 2 N–H and O–H groups in total. The number of hydrogen-bond donors (Lipinski definition) is 2. The van der Waals surface area contributed by atoms with Crippen molar-refractivity contribution in [3.05, 3.63) is 58.6 Å². The summed E-state index contributed by atoms with van der Waals surface area (Å²) in [6.45, 7) is 9.64. The summed E-state index contributed by atoms with van der Waals surface area (Å²) in [6.07, 6.45) is -0.420. The summed E-state index contributed by atoms with van der Waals surface area (Å²) in [5.74, 6) is -0.218. The van der Waals surface area contributed by atoms with Crippen molar-refractivity contribution in [2.24, 2.45) is 10.9 Å². The molecule has 0 bridgehead atoms. The number of rotatable bonds is 6. The van der Waals surface area contributed by atoms with Crippen LogP contribution in [0.2, 0.25) is 0 Å². The lowest BCUT2D eigenvalue weighted by Crippen LogP contribution is -2.51. The molecule has 2 amide bonds. The SMILES string of the molecule is Cc1cc([C@@H](C(=O)N2C[C@H](O)C[C@@H]2C2=NC(=O)[C@@](C)(c3ccc(-c4scnc4C)cc3)N2)C(C)C)on1. The maximum absolute atomic E-state index is 13.8. The number of amides is 2. The highest BCUT2D eigenvalue weighted by Gasteiger charge is 2.48. The van der Waals surface area contributed by atoms with Crippen LogP contribution in [-0.2, 0) is 15.1 Å². The first-order valence-electron chi connectivity index (χ1n) is 12.4. The van der Waals surface area contributed by atoms with Crippen LogP contribution >= 0.6 is 11.3 Å². The Bertz CT molecular complexity index is 1360. The predicted molar refractivity (Wildman–Crippen MR) is 140 cm³/mol. The number of β-amino-alcohol motifs (C(OH)–C–C–N with tert-alkyl or cyclic N) is 1. The average molecular weight is 522 g/mol. The number of nitrogens with zero attached hydrogens (tertiary/aromatic N) is 4. The van der Waals surface area contributed by atoms with E-state index < -0.39 is 23.6 Å². The number of aliphatic imine (C=N–C) groups is 1. The van der Waals surface area contributed by atoms with Gasteiger partial charge in [-0.05, 0) is 37.8 Å². The van der Waals surface area contributed by atoms with Gasteiger partial charge in [0.2, 0.25) is 5.91 Å². The first kappa shape index (κ1) is 25.3. The molecule has 0 aliphatic carbocycles. The van der Waals surface area contributed by atoms with E-state index in [9.17, 15) is 14.7 Å². The zero-order valence-electron chi connectivity index (χ0n) is 21.6. The van der Waals surface area contributed by atoms with Gasteiger partial charge in [-0.1, -0.05) is 43.3 Å². The Morgan fingerprint density at radius 3 is 2.59 bits per heavy atom. The van der Waals surface area contributed by atoms with Gasteiger partial charge in [0.25, 0.3) is 5.91 Å². The predicted octanol–water partition coefficient (Wildman–Crippen LogP) is 3.56. The minimum atomic E-state index is -1.07. The second kappa shape index (κ2) is 9.50. The summed E-state index contributed by atoms with van der Waals surface area (Å²) >= 11 is 1.58. The van der Waals surface area contributed by atoms with Crippen molar-refractivity contribution < 1.29 is 19.2 Å². The third-order valence-electron chi connectivity index (χ3n) is 7.26. The van der Waals surface area contributed by atoms with Crippen LogP contribution in [0, 0.1) is 19.8 Å². The molecular weight excluding hydrogens is 490 g/mol. The number of aliphatic hydroxyl groups is 1. The Labute approximate surface area is 219 Å². The molecule has 0 spiro atoms. The number of aryl methyl sites for hydroxylation is 2. The van der Waals surface area contributed by atoms with Gasteiger partial charge in [0.05, 0.1) is 33.9 Å². The van der Waals surface area contributed by atoms with Crippen molar-refractivity contribution in [2.75, 3.05) is 6.54 Å². The second-order valence-electron chi connectivity index (χ2n) is 10.4. The van der Waals surface area contributed by atoms with Gasteiger partial charge >= 0.3 is 0 Å². The van der Waals surface area contributed by atoms with Crippen LogP contribution < -0.4 is 5.32 Å². The normalized spacial score (nSPS) is 24.5. The number of nitrogens with one attached hydrogen (secondary N) is 1. The topological polar surface area (TPSA) is 121 Å². The fraction of sp³-hybridized carbons (Fsp3) is 0.444. The van der Waals surface area contributed by atoms with Crippen molar-refractivity contribution in [3.63, 3.8) is 0 Å². The van der Waals surface area contributed by atoms with E-state index in [1.165, 1.54) is 0 Å². The third-order valence-corrected chi connectivity index (χ3v) is 8.24. The molecule has 0 radical (unpaired) electrons. The summed E-state index contributed by atoms with van der Waals surface area (Å²) in [5.41, 5.74) is 4.23. The van der Waals surface area contributed by atoms with E-state index >= 15 is 0 Å². The summed E-state index contributed by atoms with van der Waals surface area (Å²) in [4.78, 5) is 38.3. The zero-order valence-corrected chi connectivity index (χ0v) is 22.4. The Balaban J connectivity index is 1.39. The smallest absolute Gasteiger partial charge is 0.277 e. The van der Waals surface area contributed by atoms with E-state index in [1.54, 1.807) is 29.2 Å². The number of carbonyl (C=O) groups is 2. The van der Waals surface area contributed by atoms with Gasteiger partial charge in [0.15, 0.2) is 0 Å². The molecule has 1 aromatic carbocycles. The average Bonchev–Trinajstić information content (AvgIpc) is 3.62. The second-order valence-corrected chi connectivity index (χ2v) is 11.2. The fourth-order valence-corrected chi connectivity index (χ4v) is 6.02. The van der Waals surface area contributed by atoms with E-state index in [0.717, 1.165) is 21.7 Å². The standard InChI is InChI=1S/C27H31N5O4S/c1-14(2)22(21-10-15(3)31-36-21)25(34)32-12-19(33)11-20(32)24-29-26(35)27(5,30-24)18-8-6-17(7-9-18)23-16(4)28-13-37-23/h6-10,13-14,19-20,22,33H,11-12H2,1-5H3,(H,29,30,35)/t19-,20-,22+,27-/m1/s1. The van der Waals surface area contributed by atoms with Crippen molar-refractivity contribution in [1.29, 1.82) is 0 Å². The number of thiazole rings is 1. The van der Waals surface area contributed by atoms with Gasteiger partial charge < -0.3 is 19.8 Å². The number of hydrogen-bond acceptors (Lipinski definition) is 8. The molecule has 10 heteroatoms. The van der Waals surface area contributed by atoms with E-state index in [-0.39, 0.29) is 24.3 Å². The first-order chi connectivity index (χ1) is 17.6. The highest BCUT2D eigenvalue weighted by atomic mass is 32.1. The monoisotopic (exact) mass is 521 g/mol. The molecule has 1 fully saturated rings. The number of amidine groups is 1. The number of carbonyl (C=O) groups excluding carboxylic acids is 2. The molecule has 1 saturated heterocycles. The summed E-state index contributed by atoms with van der Waals surface area (Å²) in [6, 6.07) is 9.04. The van der Waals surface area contributed by atoms with Gasteiger partial charge in [-0.3, -0.25) is 9.59 Å². The molecule has 0 unspecified atom stereocenters. The van der Waals surface area contributed by atoms with Gasteiger partial charge in [0.1, 0.15) is 23.1 Å². The maximum atomic E-state index is 13.8. The lowest BCUT2D eigenvalue weighted by atomic mass is 9.90. The number of likely N-dealkylation sites (tertiary alicyclic amines) is 1. The van der Waals surface area contributed by atoms with Crippen molar-refractivity contribution in [2.45, 2.75) is 64.6 Å². The van der Waals surface area contributed by atoms with Gasteiger partial charge in [-0.2, -0.15) is 4.99 Å².